The number of Topliss-reactive ketones (excluding diaryl/α,β-unsaturated/α-hetero) is 1. The van der Waals surface area contributed by atoms with Crippen molar-refractivity contribution in [1.82, 2.24) is 0 Å². The molecule has 0 aromatic heterocycles. The molecule has 0 spiro atoms. The predicted molar refractivity (Wildman–Crippen MR) is 90.4 cm³/mol. The van der Waals surface area contributed by atoms with Crippen molar-refractivity contribution >= 4 is 37.6 Å². The molecule has 0 atom stereocenters. The van der Waals surface area contributed by atoms with Crippen molar-refractivity contribution in [3.63, 3.8) is 0 Å². The van der Waals surface area contributed by atoms with E-state index in [1.54, 1.807) is 0 Å². The zero-order valence-corrected chi connectivity index (χ0v) is 14.7. The predicted octanol–water partition coefficient (Wildman–Crippen LogP) is 5.51. The molecule has 0 aliphatic carbocycles. The highest BCUT2D eigenvalue weighted by atomic mass is 79.9. The number of ketones is 1. The summed E-state index contributed by atoms with van der Waals surface area (Å²) in [6.45, 7) is 4.08. The van der Waals surface area contributed by atoms with Crippen molar-refractivity contribution in [2.45, 2.75) is 26.7 Å². The van der Waals surface area contributed by atoms with Gasteiger partial charge in [-0.25, -0.2) is 0 Å². The minimum atomic E-state index is 0.167. The Morgan fingerprint density at radius 2 is 1.85 bits per heavy atom. The van der Waals surface area contributed by atoms with Crippen LogP contribution in [0.4, 0.5) is 0 Å². The van der Waals surface area contributed by atoms with Crippen LogP contribution >= 0.6 is 31.9 Å². The summed E-state index contributed by atoms with van der Waals surface area (Å²) in [5, 5.41) is 0. The molecule has 0 aliphatic rings. The first-order valence-electron chi connectivity index (χ1n) is 6.58. The summed E-state index contributed by atoms with van der Waals surface area (Å²) < 4.78 is 2.03. The molecule has 1 nitrogen and oxygen atoms in total. The molecule has 104 valence electrons. The van der Waals surface area contributed by atoms with E-state index in [4.69, 9.17) is 0 Å². The molecular weight excluding hydrogens is 380 g/mol. The number of benzene rings is 2. The Labute approximate surface area is 136 Å². The molecule has 3 heteroatoms. The summed E-state index contributed by atoms with van der Waals surface area (Å²) in [6, 6.07) is 11.8. The van der Waals surface area contributed by atoms with Crippen molar-refractivity contribution in [2.24, 2.45) is 0 Å². The molecular formula is C17H16Br2O. The van der Waals surface area contributed by atoms with Gasteiger partial charge in [0.1, 0.15) is 0 Å². The molecule has 0 N–H and O–H groups in total. The highest BCUT2D eigenvalue weighted by Gasteiger charge is 2.14. The van der Waals surface area contributed by atoms with Gasteiger partial charge in [-0.05, 0) is 42.2 Å². The number of carbonyl (C=O) groups excluding carboxylic acids is 1. The maximum absolute atomic E-state index is 12.5. The average Bonchev–Trinajstić information content (AvgIpc) is 2.41. The first-order chi connectivity index (χ1) is 9.52. The summed E-state index contributed by atoms with van der Waals surface area (Å²) in [4.78, 5) is 12.5. The van der Waals surface area contributed by atoms with Crippen LogP contribution in [0.5, 0.6) is 0 Å². The first-order valence-corrected chi connectivity index (χ1v) is 8.17. The van der Waals surface area contributed by atoms with E-state index in [1.165, 1.54) is 5.56 Å². The Hall–Kier alpha value is -0.930. The fourth-order valence-corrected chi connectivity index (χ4v) is 3.77. The third kappa shape index (κ3) is 3.39. The van der Waals surface area contributed by atoms with Crippen molar-refractivity contribution < 1.29 is 4.79 Å². The van der Waals surface area contributed by atoms with Crippen LogP contribution in [0.25, 0.3) is 0 Å². The lowest BCUT2D eigenvalue weighted by Crippen LogP contribution is -2.08. The highest BCUT2D eigenvalue weighted by Crippen LogP contribution is 2.28. The topological polar surface area (TPSA) is 17.1 Å². The summed E-state index contributed by atoms with van der Waals surface area (Å²) in [6.07, 6.45) is 1.34. The summed E-state index contributed by atoms with van der Waals surface area (Å²) in [5.41, 5.74) is 4.13. The van der Waals surface area contributed by atoms with Crippen LogP contribution in [0, 0.1) is 6.92 Å². The molecule has 0 saturated carbocycles. The number of halogens is 2. The third-order valence-electron chi connectivity index (χ3n) is 3.42. The largest absolute Gasteiger partial charge is 0.294 e. The highest BCUT2D eigenvalue weighted by molar-refractivity contribution is 9.11. The van der Waals surface area contributed by atoms with Crippen LogP contribution in [0.3, 0.4) is 0 Å². The summed E-state index contributed by atoms with van der Waals surface area (Å²) >= 11 is 7.07. The molecule has 0 aliphatic heterocycles. The quantitative estimate of drug-likeness (QED) is 0.624. The first kappa shape index (κ1) is 15.5. The third-order valence-corrected chi connectivity index (χ3v) is 4.58. The zero-order chi connectivity index (χ0) is 14.7. The molecule has 2 aromatic carbocycles. The molecule has 0 unspecified atom stereocenters. The van der Waals surface area contributed by atoms with Crippen molar-refractivity contribution in [1.29, 1.82) is 0 Å². The normalized spacial score (nSPS) is 10.6. The van der Waals surface area contributed by atoms with Gasteiger partial charge in [-0.1, -0.05) is 63.0 Å². The number of carbonyl (C=O) groups is 1. The second-order valence-electron chi connectivity index (χ2n) is 4.79. The van der Waals surface area contributed by atoms with Crippen LogP contribution in [0.15, 0.2) is 45.3 Å². The van der Waals surface area contributed by atoms with Gasteiger partial charge in [-0.2, -0.15) is 0 Å². The SMILES string of the molecule is CCc1cc(Br)cc(Br)c1CC(=O)c1ccccc1C. The van der Waals surface area contributed by atoms with Crippen molar-refractivity contribution in [3.05, 3.63) is 67.6 Å². The minimum absolute atomic E-state index is 0.167. The lowest BCUT2D eigenvalue weighted by molar-refractivity contribution is 0.0992. The molecule has 0 amide bonds. The molecule has 2 rings (SSSR count). The van der Waals surface area contributed by atoms with Gasteiger partial charge in [-0.3, -0.25) is 4.79 Å². The van der Waals surface area contributed by atoms with Gasteiger partial charge in [0.25, 0.3) is 0 Å². The molecule has 0 radical (unpaired) electrons. The molecule has 0 bridgehead atoms. The summed E-state index contributed by atoms with van der Waals surface area (Å²) in [7, 11) is 0. The number of rotatable bonds is 4. The average molecular weight is 396 g/mol. The fourth-order valence-electron chi connectivity index (χ4n) is 2.31. The van der Waals surface area contributed by atoms with Crippen molar-refractivity contribution in [2.75, 3.05) is 0 Å². The Kier molecular flexibility index (Phi) is 5.17. The van der Waals surface area contributed by atoms with E-state index >= 15 is 0 Å². The molecule has 0 saturated heterocycles. The van der Waals surface area contributed by atoms with Gasteiger partial charge in [0.15, 0.2) is 5.78 Å². The molecule has 2 aromatic rings. The lowest BCUT2D eigenvalue weighted by Gasteiger charge is -2.12. The van der Waals surface area contributed by atoms with E-state index < -0.39 is 0 Å². The minimum Gasteiger partial charge on any atom is -0.294 e. The number of aryl methyl sites for hydroxylation is 2. The van der Waals surface area contributed by atoms with E-state index in [-0.39, 0.29) is 5.78 Å². The lowest BCUT2D eigenvalue weighted by atomic mass is 9.95. The number of hydrogen-bond donors (Lipinski definition) is 0. The number of hydrogen-bond acceptors (Lipinski definition) is 1. The Bertz CT molecular complexity index is 647. The van der Waals surface area contributed by atoms with Crippen LogP contribution in [-0.4, -0.2) is 5.78 Å². The standard InChI is InChI=1S/C17H16Br2O/c1-3-12-8-13(18)9-16(19)15(12)10-17(20)14-7-5-4-6-11(14)2/h4-9H,3,10H2,1-2H3. The maximum Gasteiger partial charge on any atom is 0.167 e. The molecule has 20 heavy (non-hydrogen) atoms. The Balaban J connectivity index is 2.35. The van der Waals surface area contributed by atoms with E-state index in [1.807, 2.05) is 37.3 Å². The summed E-state index contributed by atoms with van der Waals surface area (Å²) in [5.74, 6) is 0.167. The van der Waals surface area contributed by atoms with Crippen LogP contribution in [0.1, 0.15) is 34.0 Å². The fraction of sp³-hybridized carbons (Fsp3) is 0.235. The maximum atomic E-state index is 12.5. The van der Waals surface area contributed by atoms with E-state index in [0.717, 1.165) is 32.1 Å². The van der Waals surface area contributed by atoms with Gasteiger partial charge in [0.2, 0.25) is 0 Å². The second kappa shape index (κ2) is 6.68. The van der Waals surface area contributed by atoms with E-state index in [9.17, 15) is 4.79 Å². The smallest absolute Gasteiger partial charge is 0.167 e. The Morgan fingerprint density at radius 1 is 1.15 bits per heavy atom. The second-order valence-corrected chi connectivity index (χ2v) is 6.56. The van der Waals surface area contributed by atoms with E-state index in [2.05, 4.69) is 44.8 Å². The zero-order valence-electron chi connectivity index (χ0n) is 11.5. The molecule has 0 fully saturated rings. The van der Waals surface area contributed by atoms with Gasteiger partial charge >= 0.3 is 0 Å². The van der Waals surface area contributed by atoms with Crippen LogP contribution in [-0.2, 0) is 12.8 Å². The van der Waals surface area contributed by atoms with Gasteiger partial charge in [0, 0.05) is 20.9 Å². The van der Waals surface area contributed by atoms with Gasteiger partial charge < -0.3 is 0 Å². The van der Waals surface area contributed by atoms with Gasteiger partial charge in [0.05, 0.1) is 0 Å². The van der Waals surface area contributed by atoms with Crippen molar-refractivity contribution in [3.8, 4) is 0 Å². The van der Waals surface area contributed by atoms with Gasteiger partial charge in [-0.15, -0.1) is 0 Å². The van der Waals surface area contributed by atoms with Crippen LogP contribution in [0.2, 0.25) is 0 Å². The Morgan fingerprint density at radius 3 is 2.50 bits per heavy atom. The monoisotopic (exact) mass is 394 g/mol. The molecule has 0 heterocycles. The van der Waals surface area contributed by atoms with E-state index in [0.29, 0.717) is 6.42 Å². The van der Waals surface area contributed by atoms with Crippen LogP contribution < -0.4 is 0 Å².